The van der Waals surface area contributed by atoms with E-state index in [-0.39, 0.29) is 29.8 Å². The molecule has 124 valence electrons. The Balaban J connectivity index is 0.00000176. The van der Waals surface area contributed by atoms with E-state index in [0.717, 1.165) is 43.9 Å². The van der Waals surface area contributed by atoms with Crippen molar-refractivity contribution in [3.05, 3.63) is 24.2 Å². The molecule has 6 nitrogen and oxygen atoms in total. The summed E-state index contributed by atoms with van der Waals surface area (Å²) in [5, 5.41) is 6.76. The van der Waals surface area contributed by atoms with Crippen molar-refractivity contribution in [1.29, 1.82) is 0 Å². The fourth-order valence-electron chi connectivity index (χ4n) is 3.00. The molecular weight excluding hydrogens is 397 g/mol. The number of nitrogens with zero attached hydrogens (tertiary/aromatic N) is 1. The van der Waals surface area contributed by atoms with E-state index in [1.807, 2.05) is 12.1 Å². The molecule has 1 aromatic heterocycles. The van der Waals surface area contributed by atoms with Crippen LogP contribution in [0.1, 0.15) is 25.0 Å². The molecule has 1 spiro atoms. The zero-order chi connectivity index (χ0) is 14.5. The van der Waals surface area contributed by atoms with Crippen LogP contribution < -0.4 is 10.6 Å². The normalized spacial score (nSPS) is 23.5. The number of hydrogen-bond donors (Lipinski definition) is 2. The van der Waals surface area contributed by atoms with Crippen molar-refractivity contribution in [1.82, 2.24) is 10.6 Å². The number of furan rings is 1. The minimum atomic E-state index is -0.343. The van der Waals surface area contributed by atoms with Crippen molar-refractivity contribution in [3.63, 3.8) is 0 Å². The van der Waals surface area contributed by atoms with Crippen LogP contribution in [0.15, 0.2) is 27.8 Å². The number of nitrogens with one attached hydrogen (secondary N) is 2. The predicted octanol–water partition coefficient (Wildman–Crippen LogP) is 1.90. The molecule has 0 amide bonds. The SMILES string of the molecule is CN=C(NCCc1ccco1)NC1CCC2(C1)OCCO2.I. The Morgan fingerprint density at radius 2 is 2.23 bits per heavy atom. The Labute approximate surface area is 148 Å². The van der Waals surface area contributed by atoms with E-state index < -0.39 is 0 Å². The van der Waals surface area contributed by atoms with Crippen LogP contribution in [-0.4, -0.2) is 44.6 Å². The maximum absolute atomic E-state index is 5.74. The van der Waals surface area contributed by atoms with Crippen molar-refractivity contribution in [2.75, 3.05) is 26.8 Å². The van der Waals surface area contributed by atoms with Crippen LogP contribution in [0, 0.1) is 0 Å². The van der Waals surface area contributed by atoms with Gasteiger partial charge >= 0.3 is 0 Å². The van der Waals surface area contributed by atoms with Crippen molar-refractivity contribution >= 4 is 29.9 Å². The smallest absolute Gasteiger partial charge is 0.191 e. The van der Waals surface area contributed by atoms with Gasteiger partial charge in [0, 0.05) is 38.9 Å². The van der Waals surface area contributed by atoms with E-state index >= 15 is 0 Å². The summed E-state index contributed by atoms with van der Waals surface area (Å²) in [4.78, 5) is 4.27. The van der Waals surface area contributed by atoms with E-state index in [1.165, 1.54) is 0 Å². The lowest BCUT2D eigenvalue weighted by Crippen LogP contribution is -2.44. The molecule has 1 saturated carbocycles. The van der Waals surface area contributed by atoms with Gasteiger partial charge in [-0.2, -0.15) is 0 Å². The average Bonchev–Trinajstić information content (AvgIpc) is 3.23. The van der Waals surface area contributed by atoms with Gasteiger partial charge in [-0.1, -0.05) is 0 Å². The molecular formula is C15H24IN3O3. The highest BCUT2D eigenvalue weighted by molar-refractivity contribution is 14.0. The summed E-state index contributed by atoms with van der Waals surface area (Å²) in [6, 6.07) is 4.23. The molecule has 2 aliphatic rings. The molecule has 1 aromatic rings. The monoisotopic (exact) mass is 421 g/mol. The summed E-state index contributed by atoms with van der Waals surface area (Å²) in [5.41, 5.74) is 0. The first-order valence-electron chi connectivity index (χ1n) is 7.57. The Hall–Kier alpha value is -0.800. The Morgan fingerprint density at radius 3 is 2.91 bits per heavy atom. The molecule has 3 rings (SSSR count). The molecule has 0 aromatic carbocycles. The second-order valence-electron chi connectivity index (χ2n) is 5.52. The number of halogens is 1. The van der Waals surface area contributed by atoms with Crippen molar-refractivity contribution < 1.29 is 13.9 Å². The van der Waals surface area contributed by atoms with Crippen LogP contribution in [0.3, 0.4) is 0 Å². The van der Waals surface area contributed by atoms with Gasteiger partial charge in [0.15, 0.2) is 11.7 Å². The molecule has 22 heavy (non-hydrogen) atoms. The van der Waals surface area contributed by atoms with Crippen LogP contribution in [0.2, 0.25) is 0 Å². The molecule has 1 unspecified atom stereocenters. The third-order valence-corrected chi connectivity index (χ3v) is 4.05. The lowest BCUT2D eigenvalue weighted by atomic mass is 10.2. The number of hydrogen-bond acceptors (Lipinski definition) is 4. The van der Waals surface area contributed by atoms with Gasteiger partial charge < -0.3 is 24.5 Å². The Bertz CT molecular complexity index is 472. The molecule has 1 aliphatic heterocycles. The first-order chi connectivity index (χ1) is 10.3. The minimum absolute atomic E-state index is 0. The second kappa shape index (κ2) is 8.16. The van der Waals surface area contributed by atoms with Crippen molar-refractivity contribution in [2.45, 2.75) is 37.5 Å². The largest absolute Gasteiger partial charge is 0.469 e. The number of rotatable bonds is 4. The molecule has 1 aliphatic carbocycles. The molecule has 0 radical (unpaired) electrons. The quantitative estimate of drug-likeness (QED) is 0.442. The summed E-state index contributed by atoms with van der Waals surface area (Å²) in [5.74, 6) is 1.46. The summed E-state index contributed by atoms with van der Waals surface area (Å²) < 4.78 is 16.8. The van der Waals surface area contributed by atoms with E-state index in [2.05, 4.69) is 15.6 Å². The van der Waals surface area contributed by atoms with Crippen LogP contribution in [0.4, 0.5) is 0 Å². The lowest BCUT2D eigenvalue weighted by molar-refractivity contribution is -0.151. The van der Waals surface area contributed by atoms with E-state index in [9.17, 15) is 0 Å². The second-order valence-corrected chi connectivity index (χ2v) is 5.52. The minimum Gasteiger partial charge on any atom is -0.469 e. The number of guanidine groups is 1. The predicted molar refractivity (Wildman–Crippen MR) is 94.6 cm³/mol. The van der Waals surface area contributed by atoms with E-state index in [1.54, 1.807) is 13.3 Å². The van der Waals surface area contributed by atoms with E-state index in [4.69, 9.17) is 13.9 Å². The third kappa shape index (κ3) is 4.36. The van der Waals surface area contributed by atoms with Crippen LogP contribution >= 0.6 is 24.0 Å². The molecule has 2 N–H and O–H groups in total. The molecule has 2 heterocycles. The Kier molecular flexibility index (Phi) is 6.51. The zero-order valence-electron chi connectivity index (χ0n) is 12.8. The molecule has 2 fully saturated rings. The Morgan fingerprint density at radius 1 is 1.41 bits per heavy atom. The van der Waals surface area contributed by atoms with Crippen molar-refractivity contribution in [3.8, 4) is 0 Å². The highest BCUT2D eigenvalue weighted by Crippen LogP contribution is 2.37. The average molecular weight is 421 g/mol. The zero-order valence-corrected chi connectivity index (χ0v) is 15.2. The highest BCUT2D eigenvalue weighted by Gasteiger charge is 2.44. The van der Waals surface area contributed by atoms with Gasteiger partial charge in [-0.15, -0.1) is 24.0 Å². The van der Waals surface area contributed by atoms with Crippen LogP contribution in [-0.2, 0) is 15.9 Å². The molecule has 7 heteroatoms. The first kappa shape index (κ1) is 17.6. The van der Waals surface area contributed by atoms with Gasteiger partial charge in [0.05, 0.1) is 19.5 Å². The third-order valence-electron chi connectivity index (χ3n) is 4.05. The lowest BCUT2D eigenvalue weighted by Gasteiger charge is -2.22. The van der Waals surface area contributed by atoms with Gasteiger partial charge in [-0.25, -0.2) is 0 Å². The number of ether oxygens (including phenoxy) is 2. The molecule has 0 bridgehead atoms. The summed E-state index contributed by atoms with van der Waals surface area (Å²) in [6.07, 6.45) is 5.41. The van der Waals surface area contributed by atoms with Gasteiger partial charge in [0.1, 0.15) is 5.76 Å². The fourth-order valence-corrected chi connectivity index (χ4v) is 3.00. The van der Waals surface area contributed by atoms with Crippen LogP contribution in [0.5, 0.6) is 0 Å². The summed E-state index contributed by atoms with van der Waals surface area (Å²) >= 11 is 0. The van der Waals surface area contributed by atoms with E-state index in [0.29, 0.717) is 19.3 Å². The van der Waals surface area contributed by atoms with Crippen molar-refractivity contribution in [2.24, 2.45) is 4.99 Å². The standard InChI is InChI=1S/C15H23N3O3.HI/c1-16-14(17-7-5-13-3-2-8-19-13)18-12-4-6-15(11-12)20-9-10-21-15;/h2-3,8,12H,4-7,9-11H2,1H3,(H2,16,17,18);1H. The van der Waals surface area contributed by atoms with Crippen LogP contribution in [0.25, 0.3) is 0 Å². The fraction of sp³-hybridized carbons (Fsp3) is 0.667. The van der Waals surface area contributed by atoms with Gasteiger partial charge in [-0.3, -0.25) is 4.99 Å². The van der Waals surface area contributed by atoms with Gasteiger partial charge in [-0.05, 0) is 18.6 Å². The topological polar surface area (TPSA) is 68.0 Å². The van der Waals surface area contributed by atoms with Gasteiger partial charge in [0.2, 0.25) is 0 Å². The molecule has 1 atom stereocenters. The number of aliphatic imine (C=N–C) groups is 1. The van der Waals surface area contributed by atoms with Gasteiger partial charge in [0.25, 0.3) is 0 Å². The maximum Gasteiger partial charge on any atom is 0.191 e. The highest BCUT2D eigenvalue weighted by atomic mass is 127. The maximum atomic E-state index is 5.74. The first-order valence-corrected chi connectivity index (χ1v) is 7.57. The summed E-state index contributed by atoms with van der Waals surface area (Å²) in [7, 11) is 1.79. The summed E-state index contributed by atoms with van der Waals surface area (Å²) in [6.45, 7) is 2.21. The molecule has 1 saturated heterocycles.